The minimum absolute atomic E-state index is 0.393. The van der Waals surface area contributed by atoms with Crippen molar-refractivity contribution in [2.24, 2.45) is 0 Å². The maximum atomic E-state index is 12.0. The van der Waals surface area contributed by atoms with Crippen molar-refractivity contribution in [3.8, 4) is 0 Å². The molecular formula is C22H25N7O2S. The molecule has 0 spiro atoms. The lowest BCUT2D eigenvalue weighted by Gasteiger charge is -2.19. The van der Waals surface area contributed by atoms with Crippen LogP contribution < -0.4 is 14.5 Å². The molecule has 9 nitrogen and oxygen atoms in total. The van der Waals surface area contributed by atoms with Gasteiger partial charge in [-0.2, -0.15) is 4.98 Å². The van der Waals surface area contributed by atoms with Gasteiger partial charge in [-0.1, -0.05) is 12.1 Å². The Kier molecular flexibility index (Phi) is 5.70. The topological polar surface area (TPSA) is 96.3 Å². The maximum absolute atomic E-state index is 12.0. The number of benzene rings is 1. The van der Waals surface area contributed by atoms with E-state index >= 15 is 0 Å². The van der Waals surface area contributed by atoms with Crippen molar-refractivity contribution in [3.05, 3.63) is 66.6 Å². The van der Waals surface area contributed by atoms with Gasteiger partial charge in [-0.3, -0.25) is 4.31 Å². The molecule has 10 heteroatoms. The van der Waals surface area contributed by atoms with Crippen LogP contribution in [0.25, 0.3) is 11.0 Å². The van der Waals surface area contributed by atoms with Crippen LogP contribution in [0.3, 0.4) is 0 Å². The Morgan fingerprint density at radius 3 is 2.62 bits per heavy atom. The summed E-state index contributed by atoms with van der Waals surface area (Å²) in [6.45, 7) is 0.416. The van der Waals surface area contributed by atoms with E-state index in [1.54, 1.807) is 18.5 Å². The van der Waals surface area contributed by atoms with Crippen molar-refractivity contribution < 1.29 is 8.42 Å². The highest BCUT2D eigenvalue weighted by molar-refractivity contribution is 7.92. The van der Waals surface area contributed by atoms with Crippen LogP contribution >= 0.6 is 0 Å². The molecule has 0 bridgehead atoms. The first-order valence-corrected chi connectivity index (χ1v) is 11.8. The van der Waals surface area contributed by atoms with E-state index in [2.05, 4.69) is 15.3 Å². The van der Waals surface area contributed by atoms with Gasteiger partial charge < -0.3 is 14.8 Å². The van der Waals surface area contributed by atoms with Crippen LogP contribution in [0.2, 0.25) is 0 Å². The zero-order chi connectivity index (χ0) is 22.9. The molecule has 166 valence electrons. The number of anilines is 4. The van der Waals surface area contributed by atoms with E-state index < -0.39 is 10.0 Å². The van der Waals surface area contributed by atoms with Gasteiger partial charge in [0.2, 0.25) is 16.0 Å². The number of nitrogens with one attached hydrogen (secondary N) is 1. The Morgan fingerprint density at radius 2 is 1.88 bits per heavy atom. The van der Waals surface area contributed by atoms with Crippen LogP contribution in [0.5, 0.6) is 0 Å². The normalized spacial score (nSPS) is 11.5. The number of sulfonamides is 1. The minimum Gasteiger partial charge on any atom is -0.378 e. The number of aromatic nitrogens is 4. The van der Waals surface area contributed by atoms with Crippen LogP contribution in [-0.4, -0.2) is 55.3 Å². The van der Waals surface area contributed by atoms with Crippen molar-refractivity contribution in [1.29, 1.82) is 0 Å². The summed E-state index contributed by atoms with van der Waals surface area (Å²) in [5, 5.41) is 4.15. The maximum Gasteiger partial charge on any atom is 0.233 e. The zero-order valence-electron chi connectivity index (χ0n) is 18.4. The third kappa shape index (κ3) is 4.50. The molecule has 4 rings (SSSR count). The molecule has 0 aliphatic rings. The highest BCUT2D eigenvalue weighted by Crippen LogP contribution is 2.24. The fourth-order valence-electron chi connectivity index (χ4n) is 3.33. The van der Waals surface area contributed by atoms with Crippen molar-refractivity contribution >= 4 is 44.2 Å². The first-order valence-electron chi connectivity index (χ1n) is 9.96. The average molecular weight is 452 g/mol. The van der Waals surface area contributed by atoms with Gasteiger partial charge in [-0.05, 0) is 30.3 Å². The van der Waals surface area contributed by atoms with Gasteiger partial charge >= 0.3 is 0 Å². The Morgan fingerprint density at radius 1 is 1.06 bits per heavy atom. The molecule has 0 saturated heterocycles. The molecule has 0 aliphatic carbocycles. The zero-order valence-corrected chi connectivity index (χ0v) is 19.2. The van der Waals surface area contributed by atoms with E-state index in [-0.39, 0.29) is 0 Å². The van der Waals surface area contributed by atoms with E-state index in [4.69, 9.17) is 4.98 Å². The van der Waals surface area contributed by atoms with E-state index in [9.17, 15) is 8.42 Å². The second-order valence-corrected chi connectivity index (χ2v) is 9.72. The molecule has 0 aliphatic heterocycles. The molecule has 0 amide bonds. The van der Waals surface area contributed by atoms with E-state index in [1.807, 2.05) is 66.2 Å². The SMILES string of the molecule is CN(C)c1cccc(Nc2ncc3ccn(Cc4cccnc4N(C)S(C)(=O)=O)c3n2)c1. The second-order valence-electron chi connectivity index (χ2n) is 7.70. The molecule has 32 heavy (non-hydrogen) atoms. The molecule has 0 fully saturated rings. The third-order valence-corrected chi connectivity index (χ3v) is 6.29. The van der Waals surface area contributed by atoms with Crippen LogP contribution in [-0.2, 0) is 16.6 Å². The van der Waals surface area contributed by atoms with Crippen molar-refractivity contribution in [2.75, 3.05) is 41.9 Å². The molecule has 4 aromatic rings. The molecule has 0 saturated carbocycles. The lowest BCUT2D eigenvalue weighted by Crippen LogP contribution is -2.27. The number of pyridine rings is 1. The van der Waals surface area contributed by atoms with Gasteiger partial charge in [0, 0.05) is 62.1 Å². The van der Waals surface area contributed by atoms with Crippen LogP contribution in [0.15, 0.2) is 61.1 Å². The second kappa shape index (κ2) is 8.46. The predicted molar refractivity (Wildman–Crippen MR) is 128 cm³/mol. The number of fused-ring (bicyclic) bond motifs is 1. The lowest BCUT2D eigenvalue weighted by molar-refractivity contribution is 0.599. The number of rotatable bonds is 7. The molecule has 3 aromatic heterocycles. The first kappa shape index (κ1) is 21.6. The Balaban J connectivity index is 1.66. The van der Waals surface area contributed by atoms with Crippen molar-refractivity contribution in [2.45, 2.75) is 6.54 Å². The number of nitrogens with zero attached hydrogens (tertiary/aromatic N) is 6. The van der Waals surface area contributed by atoms with Gasteiger partial charge in [0.15, 0.2) is 0 Å². The predicted octanol–water partition coefficient (Wildman–Crippen LogP) is 3.08. The molecule has 0 atom stereocenters. The molecule has 0 radical (unpaired) electrons. The lowest BCUT2D eigenvalue weighted by atomic mass is 10.2. The van der Waals surface area contributed by atoms with Gasteiger partial charge in [-0.25, -0.2) is 18.4 Å². The minimum atomic E-state index is -3.43. The monoisotopic (exact) mass is 451 g/mol. The fourth-order valence-corrected chi connectivity index (χ4v) is 3.81. The quantitative estimate of drug-likeness (QED) is 0.461. The fraction of sp³-hybridized carbons (Fsp3) is 0.227. The average Bonchev–Trinajstić information content (AvgIpc) is 3.15. The summed E-state index contributed by atoms with van der Waals surface area (Å²) in [5.74, 6) is 0.873. The number of hydrogen-bond donors (Lipinski definition) is 1. The first-order chi connectivity index (χ1) is 15.2. The van der Waals surface area contributed by atoms with Crippen LogP contribution in [0, 0.1) is 0 Å². The number of hydrogen-bond acceptors (Lipinski definition) is 7. The molecular weight excluding hydrogens is 426 g/mol. The van der Waals surface area contributed by atoms with E-state index in [1.165, 1.54) is 11.4 Å². The standard InChI is InChI=1S/C22H25N7O2S/c1-27(2)19-9-5-8-18(13-19)25-22-24-14-16-10-12-29(21(16)26-22)15-17-7-6-11-23-20(17)28(3)32(4,30)31/h5-14H,15H2,1-4H3,(H,24,25,26). The van der Waals surface area contributed by atoms with Gasteiger partial charge in [0.25, 0.3) is 0 Å². The summed E-state index contributed by atoms with van der Waals surface area (Å²) in [6, 6.07) is 13.6. The highest BCUT2D eigenvalue weighted by Gasteiger charge is 2.18. The highest BCUT2D eigenvalue weighted by atomic mass is 32.2. The van der Waals surface area contributed by atoms with E-state index in [0.717, 1.165) is 34.2 Å². The smallest absolute Gasteiger partial charge is 0.233 e. The summed E-state index contributed by atoms with van der Waals surface area (Å²) in [6.07, 6.45) is 6.42. The van der Waals surface area contributed by atoms with Crippen LogP contribution in [0.1, 0.15) is 5.56 Å². The van der Waals surface area contributed by atoms with Gasteiger partial charge in [-0.15, -0.1) is 0 Å². The molecule has 0 unspecified atom stereocenters. The summed E-state index contributed by atoms with van der Waals surface area (Å²) < 4.78 is 27.2. The van der Waals surface area contributed by atoms with Gasteiger partial charge in [0.05, 0.1) is 12.8 Å². The van der Waals surface area contributed by atoms with E-state index in [0.29, 0.717) is 18.3 Å². The summed E-state index contributed by atoms with van der Waals surface area (Å²) in [5.41, 5.74) is 3.46. The summed E-state index contributed by atoms with van der Waals surface area (Å²) in [4.78, 5) is 15.4. The van der Waals surface area contributed by atoms with Crippen LogP contribution in [0.4, 0.5) is 23.1 Å². The van der Waals surface area contributed by atoms with Crippen molar-refractivity contribution in [3.63, 3.8) is 0 Å². The largest absolute Gasteiger partial charge is 0.378 e. The summed E-state index contributed by atoms with van der Waals surface area (Å²) >= 11 is 0. The third-order valence-electron chi connectivity index (χ3n) is 5.12. The molecule has 1 aromatic carbocycles. The molecule has 1 N–H and O–H groups in total. The molecule has 3 heterocycles. The van der Waals surface area contributed by atoms with Crippen molar-refractivity contribution in [1.82, 2.24) is 19.5 Å². The Bertz CT molecular complexity index is 1370. The Labute approximate surface area is 187 Å². The van der Waals surface area contributed by atoms with Gasteiger partial charge in [0.1, 0.15) is 11.5 Å². The summed E-state index contributed by atoms with van der Waals surface area (Å²) in [7, 11) is 2.05. The Hall–Kier alpha value is -3.66.